The second kappa shape index (κ2) is 4.91. The molecule has 0 saturated carbocycles. The zero-order chi connectivity index (χ0) is 14.0. The number of rotatable bonds is 2. The first-order chi connectivity index (χ1) is 8.86. The number of nitrogens with two attached hydrogens (primary N) is 1. The van der Waals surface area contributed by atoms with Gasteiger partial charge in [-0.1, -0.05) is 12.1 Å². The Morgan fingerprint density at radius 1 is 0.947 bits per heavy atom. The van der Waals surface area contributed by atoms with E-state index < -0.39 is 17.6 Å². The maximum absolute atomic E-state index is 13.1. The average Bonchev–Trinajstić information content (AvgIpc) is 2.33. The molecule has 1 nitrogen and oxygen atoms in total. The first kappa shape index (κ1) is 13.4. The molecule has 0 aliphatic rings. The van der Waals surface area contributed by atoms with Crippen LogP contribution in [0.2, 0.25) is 0 Å². The highest BCUT2D eigenvalue weighted by Crippen LogP contribution is 2.29. The third-order valence-electron chi connectivity index (χ3n) is 2.78. The Hall–Kier alpha value is -2.04. The van der Waals surface area contributed by atoms with Crippen molar-refractivity contribution in [1.29, 1.82) is 0 Å². The Balaban J connectivity index is 2.22. The molecule has 0 radical (unpaired) electrons. The third-order valence-corrected chi connectivity index (χ3v) is 2.78. The molecule has 0 amide bonds. The molecular formula is C14H11F4N. The molecule has 2 rings (SSSR count). The lowest BCUT2D eigenvalue weighted by Gasteiger charge is -2.09. The summed E-state index contributed by atoms with van der Waals surface area (Å²) in [5, 5.41) is 0. The van der Waals surface area contributed by atoms with Crippen molar-refractivity contribution in [3.05, 3.63) is 65.0 Å². The van der Waals surface area contributed by atoms with Crippen LogP contribution in [0.3, 0.4) is 0 Å². The van der Waals surface area contributed by atoms with Gasteiger partial charge in [-0.3, -0.25) is 0 Å². The summed E-state index contributed by atoms with van der Waals surface area (Å²) >= 11 is 0. The summed E-state index contributed by atoms with van der Waals surface area (Å²) in [7, 11) is 0. The topological polar surface area (TPSA) is 26.0 Å². The van der Waals surface area contributed by atoms with Gasteiger partial charge in [-0.15, -0.1) is 0 Å². The molecule has 2 N–H and O–H groups in total. The Morgan fingerprint density at radius 3 is 2.16 bits per heavy atom. The lowest BCUT2D eigenvalue weighted by molar-refractivity contribution is -0.137. The fraction of sp³-hybridized carbons (Fsp3) is 0.143. The van der Waals surface area contributed by atoms with E-state index in [-0.39, 0.29) is 0 Å². The van der Waals surface area contributed by atoms with Gasteiger partial charge in [0.2, 0.25) is 0 Å². The molecule has 0 atom stereocenters. The molecule has 0 unspecified atom stereocenters. The van der Waals surface area contributed by atoms with Crippen molar-refractivity contribution in [1.82, 2.24) is 0 Å². The molecule has 2 aromatic rings. The number of hydrogen-bond donors (Lipinski definition) is 1. The number of alkyl halides is 3. The third kappa shape index (κ3) is 3.24. The summed E-state index contributed by atoms with van der Waals surface area (Å²) in [6.45, 7) is 0. The van der Waals surface area contributed by atoms with Gasteiger partial charge in [-0.25, -0.2) is 4.39 Å². The van der Waals surface area contributed by atoms with Crippen LogP contribution in [-0.4, -0.2) is 0 Å². The quantitative estimate of drug-likeness (QED) is 0.646. The van der Waals surface area contributed by atoms with E-state index >= 15 is 0 Å². The second-order valence-corrected chi connectivity index (χ2v) is 4.21. The SMILES string of the molecule is Nc1ccc(F)cc1Cc1ccc(C(F)(F)F)cc1. The number of nitrogen functional groups attached to an aromatic ring is 1. The van der Waals surface area contributed by atoms with Crippen molar-refractivity contribution in [2.45, 2.75) is 12.6 Å². The van der Waals surface area contributed by atoms with E-state index in [0.29, 0.717) is 23.2 Å². The van der Waals surface area contributed by atoms with Crippen molar-refractivity contribution in [3.8, 4) is 0 Å². The van der Waals surface area contributed by atoms with Crippen LogP contribution in [0.4, 0.5) is 23.2 Å². The van der Waals surface area contributed by atoms with E-state index in [1.807, 2.05) is 0 Å². The predicted molar refractivity (Wildman–Crippen MR) is 65.1 cm³/mol. The van der Waals surface area contributed by atoms with Crippen LogP contribution in [-0.2, 0) is 12.6 Å². The monoisotopic (exact) mass is 269 g/mol. The predicted octanol–water partition coefficient (Wildman–Crippen LogP) is 4.02. The first-order valence-corrected chi connectivity index (χ1v) is 5.56. The maximum atomic E-state index is 13.1. The van der Waals surface area contributed by atoms with Crippen LogP contribution in [0, 0.1) is 5.82 Å². The van der Waals surface area contributed by atoms with Crippen LogP contribution in [0.15, 0.2) is 42.5 Å². The van der Waals surface area contributed by atoms with E-state index in [9.17, 15) is 17.6 Å². The van der Waals surface area contributed by atoms with Gasteiger partial charge in [-0.2, -0.15) is 13.2 Å². The average molecular weight is 269 g/mol. The molecule has 0 fully saturated rings. The van der Waals surface area contributed by atoms with E-state index in [2.05, 4.69) is 0 Å². The largest absolute Gasteiger partial charge is 0.416 e. The summed E-state index contributed by atoms with van der Waals surface area (Å²) in [5.74, 6) is -0.420. The van der Waals surface area contributed by atoms with Gasteiger partial charge < -0.3 is 5.73 Å². The minimum atomic E-state index is -4.35. The summed E-state index contributed by atoms with van der Waals surface area (Å²) in [4.78, 5) is 0. The maximum Gasteiger partial charge on any atom is 0.416 e. The molecule has 19 heavy (non-hydrogen) atoms. The van der Waals surface area contributed by atoms with Gasteiger partial charge in [-0.05, 0) is 47.9 Å². The Kier molecular flexibility index (Phi) is 3.46. The van der Waals surface area contributed by atoms with Gasteiger partial charge in [0.25, 0.3) is 0 Å². The van der Waals surface area contributed by atoms with E-state index in [1.54, 1.807) is 0 Å². The molecule has 2 aromatic carbocycles. The van der Waals surface area contributed by atoms with Crippen molar-refractivity contribution < 1.29 is 17.6 Å². The Morgan fingerprint density at radius 2 is 1.58 bits per heavy atom. The minimum absolute atomic E-state index is 0.293. The molecule has 100 valence electrons. The highest BCUT2D eigenvalue weighted by Gasteiger charge is 2.29. The highest BCUT2D eigenvalue weighted by molar-refractivity contribution is 5.49. The Bertz CT molecular complexity index is 573. The number of anilines is 1. The molecule has 0 heterocycles. The van der Waals surface area contributed by atoms with Gasteiger partial charge in [0.15, 0.2) is 0 Å². The van der Waals surface area contributed by atoms with Crippen molar-refractivity contribution in [3.63, 3.8) is 0 Å². The molecule has 0 aliphatic carbocycles. The molecule has 0 bridgehead atoms. The summed E-state index contributed by atoms with van der Waals surface area (Å²) in [6, 6.07) is 8.71. The van der Waals surface area contributed by atoms with Crippen LogP contribution >= 0.6 is 0 Å². The molecule has 0 aliphatic heterocycles. The van der Waals surface area contributed by atoms with Crippen LogP contribution in [0.5, 0.6) is 0 Å². The van der Waals surface area contributed by atoms with Crippen LogP contribution < -0.4 is 5.73 Å². The molecule has 0 saturated heterocycles. The summed E-state index contributed by atoms with van der Waals surface area (Å²) in [5.41, 5.74) is 6.60. The van der Waals surface area contributed by atoms with E-state index in [0.717, 1.165) is 12.1 Å². The molecule has 0 spiro atoms. The smallest absolute Gasteiger partial charge is 0.398 e. The van der Waals surface area contributed by atoms with Crippen molar-refractivity contribution >= 4 is 5.69 Å². The standard InChI is InChI=1S/C14H11F4N/c15-12-5-6-13(19)10(8-12)7-9-1-3-11(4-2-9)14(16,17)18/h1-6,8H,7,19H2. The number of halogens is 4. The first-order valence-electron chi connectivity index (χ1n) is 5.56. The van der Waals surface area contributed by atoms with Crippen molar-refractivity contribution in [2.24, 2.45) is 0 Å². The second-order valence-electron chi connectivity index (χ2n) is 4.21. The zero-order valence-corrected chi connectivity index (χ0v) is 9.84. The number of benzene rings is 2. The van der Waals surface area contributed by atoms with Crippen LogP contribution in [0.25, 0.3) is 0 Å². The fourth-order valence-corrected chi connectivity index (χ4v) is 1.76. The Labute approximate surface area is 107 Å². The lowest BCUT2D eigenvalue weighted by atomic mass is 10.0. The van der Waals surface area contributed by atoms with E-state index in [4.69, 9.17) is 5.73 Å². The molecule has 5 heteroatoms. The van der Waals surface area contributed by atoms with Gasteiger partial charge in [0.05, 0.1) is 5.56 Å². The van der Waals surface area contributed by atoms with Crippen molar-refractivity contribution in [2.75, 3.05) is 5.73 Å². The van der Waals surface area contributed by atoms with Gasteiger partial charge >= 0.3 is 6.18 Å². The normalized spacial score (nSPS) is 11.6. The molecular weight excluding hydrogens is 258 g/mol. The summed E-state index contributed by atoms with van der Waals surface area (Å²) in [6.07, 6.45) is -4.06. The van der Waals surface area contributed by atoms with Gasteiger partial charge in [0, 0.05) is 5.69 Å². The van der Waals surface area contributed by atoms with E-state index in [1.165, 1.54) is 30.3 Å². The molecule has 0 aromatic heterocycles. The fourth-order valence-electron chi connectivity index (χ4n) is 1.76. The summed E-state index contributed by atoms with van der Waals surface area (Å²) < 4.78 is 50.2. The number of hydrogen-bond acceptors (Lipinski definition) is 1. The van der Waals surface area contributed by atoms with Crippen LogP contribution in [0.1, 0.15) is 16.7 Å². The lowest BCUT2D eigenvalue weighted by Crippen LogP contribution is -2.04. The minimum Gasteiger partial charge on any atom is -0.398 e. The highest BCUT2D eigenvalue weighted by atomic mass is 19.4. The van der Waals surface area contributed by atoms with Gasteiger partial charge in [0.1, 0.15) is 5.82 Å². The zero-order valence-electron chi connectivity index (χ0n) is 9.84.